The van der Waals surface area contributed by atoms with E-state index in [1.54, 1.807) is 0 Å². The van der Waals surface area contributed by atoms with E-state index in [9.17, 15) is 4.79 Å². The zero-order valence-corrected chi connectivity index (χ0v) is 13.5. The molecule has 0 aliphatic carbocycles. The summed E-state index contributed by atoms with van der Waals surface area (Å²) >= 11 is 0. The first-order valence-electron chi connectivity index (χ1n) is 8.17. The lowest BCUT2D eigenvalue weighted by atomic mass is 10.0. The molecule has 3 heteroatoms. The van der Waals surface area contributed by atoms with Crippen LogP contribution in [0.1, 0.15) is 11.1 Å². The van der Waals surface area contributed by atoms with Crippen LogP contribution in [0.5, 0.6) is 0 Å². The van der Waals surface area contributed by atoms with Crippen LogP contribution in [0.25, 0.3) is 11.6 Å². The van der Waals surface area contributed by atoms with Crippen molar-refractivity contribution in [2.24, 2.45) is 0 Å². The fourth-order valence-electron chi connectivity index (χ4n) is 2.86. The van der Waals surface area contributed by atoms with E-state index >= 15 is 0 Å². The third-order valence-corrected chi connectivity index (χ3v) is 4.33. The Kier molecular flexibility index (Phi) is 4.89. The number of quaternary nitrogens is 1. The van der Waals surface area contributed by atoms with E-state index in [0.717, 1.165) is 42.9 Å². The second-order valence-corrected chi connectivity index (χ2v) is 6.08. The van der Waals surface area contributed by atoms with Crippen LogP contribution in [0, 0.1) is 0 Å². The van der Waals surface area contributed by atoms with E-state index in [0.29, 0.717) is 0 Å². The predicted octanol–water partition coefficient (Wildman–Crippen LogP) is 1.58. The third-order valence-electron chi connectivity index (χ3n) is 4.33. The van der Waals surface area contributed by atoms with E-state index in [2.05, 4.69) is 7.05 Å². The molecule has 0 radical (unpaired) electrons. The van der Waals surface area contributed by atoms with Gasteiger partial charge in [-0.15, -0.1) is 0 Å². The van der Waals surface area contributed by atoms with Gasteiger partial charge in [-0.1, -0.05) is 60.7 Å². The fraction of sp³-hybridized carbons (Fsp3) is 0.250. The Balaban J connectivity index is 1.92. The van der Waals surface area contributed by atoms with Crippen LogP contribution in [-0.4, -0.2) is 44.0 Å². The first-order valence-corrected chi connectivity index (χ1v) is 8.17. The average molecular weight is 307 g/mol. The van der Waals surface area contributed by atoms with Gasteiger partial charge < -0.3 is 9.80 Å². The number of amides is 1. The molecule has 1 N–H and O–H groups in total. The van der Waals surface area contributed by atoms with Crippen LogP contribution in [0.3, 0.4) is 0 Å². The molecule has 3 rings (SSSR count). The monoisotopic (exact) mass is 307 g/mol. The molecule has 2 aromatic rings. The van der Waals surface area contributed by atoms with Crippen LogP contribution >= 0.6 is 0 Å². The Bertz CT molecular complexity index is 671. The number of hydrogen-bond acceptors (Lipinski definition) is 1. The Hall–Kier alpha value is -2.39. The van der Waals surface area contributed by atoms with Gasteiger partial charge in [0.15, 0.2) is 0 Å². The zero-order valence-electron chi connectivity index (χ0n) is 13.5. The van der Waals surface area contributed by atoms with Crippen LogP contribution < -0.4 is 4.90 Å². The van der Waals surface area contributed by atoms with Gasteiger partial charge in [-0.3, -0.25) is 4.79 Å². The van der Waals surface area contributed by atoms with E-state index in [4.69, 9.17) is 0 Å². The molecular formula is C20H23N2O+. The molecule has 0 saturated carbocycles. The van der Waals surface area contributed by atoms with E-state index < -0.39 is 0 Å². The number of likely N-dealkylation sites (N-methyl/N-ethyl adjacent to an activating group) is 1. The molecule has 1 aliphatic rings. The van der Waals surface area contributed by atoms with Crippen molar-refractivity contribution in [3.05, 3.63) is 71.8 Å². The molecule has 0 unspecified atom stereocenters. The smallest absolute Gasteiger partial charge is 0.254 e. The lowest BCUT2D eigenvalue weighted by molar-refractivity contribution is -0.883. The molecule has 1 amide bonds. The summed E-state index contributed by atoms with van der Waals surface area (Å²) in [6, 6.07) is 20.0. The number of hydrogen-bond donors (Lipinski definition) is 1. The number of rotatable bonds is 3. The molecule has 1 saturated heterocycles. The summed E-state index contributed by atoms with van der Waals surface area (Å²) in [5.74, 6) is 0.132. The minimum Gasteiger partial charge on any atom is -0.334 e. The minimum absolute atomic E-state index is 0.132. The topological polar surface area (TPSA) is 24.8 Å². The lowest BCUT2D eigenvalue weighted by Crippen LogP contribution is -3.12. The SMILES string of the molecule is C[NH+]1CCN(C(=O)/C(=C\c2ccccc2)c2ccccc2)CC1. The summed E-state index contributed by atoms with van der Waals surface area (Å²) in [6.45, 7) is 3.67. The van der Waals surface area contributed by atoms with Crippen molar-refractivity contribution < 1.29 is 9.69 Å². The Morgan fingerprint density at radius 1 is 0.957 bits per heavy atom. The fourth-order valence-corrected chi connectivity index (χ4v) is 2.86. The number of carbonyl (C=O) groups excluding carboxylic acids is 1. The van der Waals surface area contributed by atoms with Crippen LogP contribution in [-0.2, 0) is 4.79 Å². The van der Waals surface area contributed by atoms with Crippen molar-refractivity contribution >= 4 is 17.6 Å². The molecule has 23 heavy (non-hydrogen) atoms. The van der Waals surface area contributed by atoms with Crippen molar-refractivity contribution in [2.45, 2.75) is 0 Å². The molecular weight excluding hydrogens is 284 g/mol. The van der Waals surface area contributed by atoms with Gasteiger partial charge in [-0.05, 0) is 17.2 Å². The van der Waals surface area contributed by atoms with Crippen LogP contribution in [0.4, 0.5) is 0 Å². The van der Waals surface area contributed by atoms with Crippen molar-refractivity contribution in [1.82, 2.24) is 4.90 Å². The van der Waals surface area contributed by atoms with Gasteiger partial charge in [0.1, 0.15) is 0 Å². The van der Waals surface area contributed by atoms with Gasteiger partial charge in [-0.2, -0.15) is 0 Å². The molecule has 1 heterocycles. The molecule has 1 fully saturated rings. The zero-order chi connectivity index (χ0) is 16.1. The molecule has 118 valence electrons. The highest BCUT2D eigenvalue weighted by molar-refractivity contribution is 6.24. The number of nitrogens with zero attached hydrogens (tertiary/aromatic N) is 1. The first-order chi connectivity index (χ1) is 11.2. The number of carbonyl (C=O) groups is 1. The van der Waals surface area contributed by atoms with Gasteiger partial charge in [0.05, 0.1) is 33.2 Å². The highest BCUT2D eigenvalue weighted by atomic mass is 16.2. The van der Waals surface area contributed by atoms with Crippen LogP contribution in [0.15, 0.2) is 60.7 Å². The van der Waals surface area contributed by atoms with Gasteiger partial charge in [-0.25, -0.2) is 0 Å². The normalized spacial score (nSPS) is 16.4. The first kappa shape index (κ1) is 15.5. The van der Waals surface area contributed by atoms with Crippen molar-refractivity contribution in [3.63, 3.8) is 0 Å². The summed E-state index contributed by atoms with van der Waals surface area (Å²) in [6.07, 6.45) is 2.00. The maximum absolute atomic E-state index is 13.1. The molecule has 3 nitrogen and oxygen atoms in total. The third kappa shape index (κ3) is 3.88. The molecule has 0 aromatic heterocycles. The average Bonchev–Trinajstić information content (AvgIpc) is 2.61. The van der Waals surface area contributed by atoms with E-state index in [1.165, 1.54) is 4.90 Å². The van der Waals surface area contributed by atoms with Gasteiger partial charge in [0.2, 0.25) is 0 Å². The second kappa shape index (κ2) is 7.25. The maximum atomic E-state index is 13.1. The van der Waals surface area contributed by atoms with Crippen LogP contribution in [0.2, 0.25) is 0 Å². The number of piperazine rings is 1. The van der Waals surface area contributed by atoms with Gasteiger partial charge >= 0.3 is 0 Å². The summed E-state index contributed by atoms with van der Waals surface area (Å²) in [7, 11) is 2.18. The molecule has 0 atom stereocenters. The summed E-state index contributed by atoms with van der Waals surface area (Å²) in [4.78, 5) is 16.5. The minimum atomic E-state index is 0.132. The van der Waals surface area contributed by atoms with Crippen molar-refractivity contribution in [1.29, 1.82) is 0 Å². The highest BCUT2D eigenvalue weighted by Crippen LogP contribution is 2.21. The van der Waals surface area contributed by atoms with Crippen molar-refractivity contribution in [2.75, 3.05) is 33.2 Å². The largest absolute Gasteiger partial charge is 0.334 e. The molecule has 2 aromatic carbocycles. The number of benzene rings is 2. The molecule has 0 bridgehead atoms. The molecule has 0 spiro atoms. The quantitative estimate of drug-likeness (QED) is 0.676. The molecule has 1 aliphatic heterocycles. The lowest BCUT2D eigenvalue weighted by Gasteiger charge is -2.30. The van der Waals surface area contributed by atoms with Gasteiger partial charge in [0, 0.05) is 5.57 Å². The summed E-state index contributed by atoms with van der Waals surface area (Å²) in [5, 5.41) is 0. The van der Waals surface area contributed by atoms with E-state index in [-0.39, 0.29) is 5.91 Å². The maximum Gasteiger partial charge on any atom is 0.254 e. The summed E-state index contributed by atoms with van der Waals surface area (Å²) in [5.41, 5.74) is 2.81. The van der Waals surface area contributed by atoms with Crippen molar-refractivity contribution in [3.8, 4) is 0 Å². The van der Waals surface area contributed by atoms with E-state index in [1.807, 2.05) is 71.6 Å². The second-order valence-electron chi connectivity index (χ2n) is 6.08. The highest BCUT2D eigenvalue weighted by Gasteiger charge is 2.24. The predicted molar refractivity (Wildman–Crippen MR) is 94.0 cm³/mol. The Morgan fingerprint density at radius 3 is 2.13 bits per heavy atom. The van der Waals surface area contributed by atoms with Gasteiger partial charge in [0.25, 0.3) is 5.91 Å². The summed E-state index contributed by atoms with van der Waals surface area (Å²) < 4.78 is 0. The Morgan fingerprint density at radius 2 is 1.52 bits per heavy atom. The number of nitrogens with one attached hydrogen (secondary N) is 1. The Labute approximate surface area is 137 Å². The standard InChI is InChI=1S/C20H22N2O/c1-21-12-14-22(15-13-21)20(23)19(18-10-6-3-7-11-18)16-17-8-4-2-5-9-17/h2-11,16H,12-15H2,1H3/p+1/b19-16-.